The molecule has 2 N–H and O–H groups in total. The second-order valence-electron chi connectivity index (χ2n) is 4.14. The van der Waals surface area contributed by atoms with Gasteiger partial charge in [-0.1, -0.05) is 5.21 Å². The first-order valence-corrected chi connectivity index (χ1v) is 6.70. The van der Waals surface area contributed by atoms with E-state index in [0.29, 0.717) is 11.4 Å². The summed E-state index contributed by atoms with van der Waals surface area (Å²) >= 11 is 1.56. The molecule has 0 aliphatic heterocycles. The SMILES string of the molecule is OB(O)c1cc(-n2cc(-c3ccsc3)nn2)ccc1F. The van der Waals surface area contributed by atoms with Crippen LogP contribution in [0.5, 0.6) is 0 Å². The molecule has 0 saturated heterocycles. The summed E-state index contributed by atoms with van der Waals surface area (Å²) in [5.41, 5.74) is 1.95. The minimum Gasteiger partial charge on any atom is -0.423 e. The lowest BCUT2D eigenvalue weighted by Gasteiger charge is -2.05. The van der Waals surface area contributed by atoms with E-state index < -0.39 is 12.9 Å². The molecular weight excluding hydrogens is 280 g/mol. The molecule has 1 aromatic carbocycles. The first-order valence-electron chi connectivity index (χ1n) is 5.76. The molecule has 3 aromatic rings. The first kappa shape index (κ1) is 13.0. The minimum atomic E-state index is -1.87. The topological polar surface area (TPSA) is 71.2 Å². The van der Waals surface area contributed by atoms with Gasteiger partial charge < -0.3 is 10.0 Å². The molecule has 0 unspecified atom stereocenters. The van der Waals surface area contributed by atoms with Crippen LogP contribution >= 0.6 is 11.3 Å². The molecule has 0 aliphatic carbocycles. The third-order valence-corrected chi connectivity index (χ3v) is 3.52. The monoisotopic (exact) mass is 289 g/mol. The summed E-state index contributed by atoms with van der Waals surface area (Å²) in [5, 5.41) is 30.1. The lowest BCUT2D eigenvalue weighted by Crippen LogP contribution is -2.33. The normalized spacial score (nSPS) is 10.8. The highest BCUT2D eigenvalue weighted by atomic mass is 32.1. The first-order chi connectivity index (χ1) is 9.65. The van der Waals surface area contributed by atoms with E-state index in [1.807, 2.05) is 16.8 Å². The number of nitrogens with zero attached hydrogens (tertiary/aromatic N) is 3. The van der Waals surface area contributed by atoms with Crippen molar-refractivity contribution in [1.82, 2.24) is 15.0 Å². The molecule has 0 saturated carbocycles. The number of benzene rings is 1. The van der Waals surface area contributed by atoms with Gasteiger partial charge in [-0.05, 0) is 29.6 Å². The van der Waals surface area contributed by atoms with Crippen molar-refractivity contribution in [3.63, 3.8) is 0 Å². The lowest BCUT2D eigenvalue weighted by molar-refractivity contribution is 0.423. The van der Waals surface area contributed by atoms with Gasteiger partial charge in [0.15, 0.2) is 0 Å². The van der Waals surface area contributed by atoms with Crippen LogP contribution in [-0.4, -0.2) is 32.2 Å². The van der Waals surface area contributed by atoms with E-state index in [2.05, 4.69) is 10.3 Å². The Balaban J connectivity index is 1.99. The number of rotatable bonds is 3. The summed E-state index contributed by atoms with van der Waals surface area (Å²) in [7, 11) is -1.87. The standard InChI is InChI=1S/C12H9BFN3O2S/c14-11-2-1-9(5-10(11)13(18)19)17-6-12(15-16-17)8-3-4-20-7-8/h1-7,18-19H. The van der Waals surface area contributed by atoms with Crippen molar-refractivity contribution in [3.8, 4) is 16.9 Å². The van der Waals surface area contributed by atoms with Crippen LogP contribution < -0.4 is 5.46 Å². The maximum Gasteiger partial charge on any atom is 0.491 e. The molecule has 20 heavy (non-hydrogen) atoms. The molecule has 0 spiro atoms. The molecule has 2 aromatic heterocycles. The van der Waals surface area contributed by atoms with Crippen LogP contribution in [0.15, 0.2) is 41.2 Å². The number of aromatic nitrogens is 3. The highest BCUT2D eigenvalue weighted by Crippen LogP contribution is 2.20. The molecule has 100 valence electrons. The summed E-state index contributed by atoms with van der Waals surface area (Å²) in [6.45, 7) is 0. The average Bonchev–Trinajstić information content (AvgIpc) is 3.09. The van der Waals surface area contributed by atoms with Crippen molar-refractivity contribution in [1.29, 1.82) is 0 Å². The van der Waals surface area contributed by atoms with Crippen molar-refractivity contribution in [2.45, 2.75) is 0 Å². The molecule has 8 heteroatoms. The second-order valence-corrected chi connectivity index (χ2v) is 4.92. The molecule has 3 rings (SSSR count). The summed E-state index contributed by atoms with van der Waals surface area (Å²) in [5.74, 6) is -0.679. The summed E-state index contributed by atoms with van der Waals surface area (Å²) in [6.07, 6.45) is 1.70. The van der Waals surface area contributed by atoms with Crippen LogP contribution in [0.4, 0.5) is 4.39 Å². The second kappa shape index (κ2) is 5.16. The van der Waals surface area contributed by atoms with Crippen LogP contribution in [0.2, 0.25) is 0 Å². The van der Waals surface area contributed by atoms with Crippen LogP contribution in [0.25, 0.3) is 16.9 Å². The van der Waals surface area contributed by atoms with E-state index in [1.165, 1.54) is 16.8 Å². The third-order valence-electron chi connectivity index (χ3n) is 2.83. The number of hydrogen-bond acceptors (Lipinski definition) is 5. The van der Waals surface area contributed by atoms with E-state index in [4.69, 9.17) is 10.0 Å². The zero-order chi connectivity index (χ0) is 14.1. The molecule has 0 fully saturated rings. The number of thiophene rings is 1. The zero-order valence-corrected chi connectivity index (χ0v) is 11.0. The Morgan fingerprint density at radius 2 is 2.10 bits per heavy atom. The molecule has 0 atom stereocenters. The van der Waals surface area contributed by atoms with Gasteiger partial charge in [-0.3, -0.25) is 0 Å². The third kappa shape index (κ3) is 2.36. The Bertz CT molecular complexity index is 730. The van der Waals surface area contributed by atoms with E-state index in [9.17, 15) is 4.39 Å². The summed E-state index contributed by atoms with van der Waals surface area (Å²) in [6, 6.07) is 5.90. The Kier molecular flexibility index (Phi) is 3.35. The van der Waals surface area contributed by atoms with Gasteiger partial charge >= 0.3 is 7.12 Å². The van der Waals surface area contributed by atoms with Gasteiger partial charge in [0.2, 0.25) is 0 Å². The van der Waals surface area contributed by atoms with Crippen molar-refractivity contribution in [2.75, 3.05) is 0 Å². The molecule has 5 nitrogen and oxygen atoms in total. The Morgan fingerprint density at radius 3 is 2.80 bits per heavy atom. The van der Waals surface area contributed by atoms with E-state index in [-0.39, 0.29) is 5.46 Å². The van der Waals surface area contributed by atoms with Gasteiger partial charge in [0.1, 0.15) is 11.5 Å². The zero-order valence-electron chi connectivity index (χ0n) is 10.1. The van der Waals surface area contributed by atoms with Crippen LogP contribution in [0.3, 0.4) is 0 Å². The fraction of sp³-hybridized carbons (Fsp3) is 0. The summed E-state index contributed by atoms with van der Waals surface area (Å²) < 4.78 is 14.9. The lowest BCUT2D eigenvalue weighted by atomic mass is 9.79. The Morgan fingerprint density at radius 1 is 1.25 bits per heavy atom. The van der Waals surface area contributed by atoms with E-state index in [1.54, 1.807) is 17.5 Å². The molecule has 0 aliphatic rings. The fourth-order valence-electron chi connectivity index (χ4n) is 1.80. The highest BCUT2D eigenvalue weighted by molar-refractivity contribution is 7.08. The smallest absolute Gasteiger partial charge is 0.423 e. The highest BCUT2D eigenvalue weighted by Gasteiger charge is 2.17. The van der Waals surface area contributed by atoms with Gasteiger partial charge in [-0.25, -0.2) is 9.07 Å². The maximum absolute atomic E-state index is 13.4. The largest absolute Gasteiger partial charge is 0.491 e. The molecular formula is C12H9BFN3O2S. The van der Waals surface area contributed by atoms with Crippen LogP contribution in [0.1, 0.15) is 0 Å². The number of hydrogen-bond donors (Lipinski definition) is 2. The van der Waals surface area contributed by atoms with Gasteiger partial charge in [-0.15, -0.1) is 5.10 Å². The Hall–Kier alpha value is -2.03. The minimum absolute atomic E-state index is 0.199. The van der Waals surface area contributed by atoms with Crippen molar-refractivity contribution in [2.24, 2.45) is 0 Å². The predicted octanol–water partition coefficient (Wildman–Crippen LogP) is 0.815. The van der Waals surface area contributed by atoms with Crippen molar-refractivity contribution >= 4 is 23.9 Å². The molecule has 2 heterocycles. The van der Waals surface area contributed by atoms with Crippen LogP contribution in [0, 0.1) is 5.82 Å². The van der Waals surface area contributed by atoms with Crippen molar-refractivity contribution < 1.29 is 14.4 Å². The maximum atomic E-state index is 13.4. The molecule has 0 bridgehead atoms. The Labute approximate surface area is 118 Å². The number of halogens is 1. The van der Waals surface area contributed by atoms with E-state index >= 15 is 0 Å². The van der Waals surface area contributed by atoms with Crippen LogP contribution in [-0.2, 0) is 0 Å². The van der Waals surface area contributed by atoms with Crippen molar-refractivity contribution in [3.05, 3.63) is 47.0 Å². The van der Waals surface area contributed by atoms with Gasteiger partial charge in [-0.2, -0.15) is 11.3 Å². The van der Waals surface area contributed by atoms with Gasteiger partial charge in [0, 0.05) is 16.4 Å². The van der Waals surface area contributed by atoms with Gasteiger partial charge in [0.25, 0.3) is 0 Å². The molecule has 0 amide bonds. The van der Waals surface area contributed by atoms with E-state index in [0.717, 1.165) is 11.6 Å². The quantitative estimate of drug-likeness (QED) is 0.700. The summed E-state index contributed by atoms with van der Waals surface area (Å²) in [4.78, 5) is 0. The van der Waals surface area contributed by atoms with Gasteiger partial charge in [0.05, 0.1) is 11.9 Å². The predicted molar refractivity (Wildman–Crippen MR) is 74.5 cm³/mol. The average molecular weight is 289 g/mol. The molecule has 0 radical (unpaired) electrons. The fourth-order valence-corrected chi connectivity index (χ4v) is 2.45.